The molecule has 1 aromatic rings. The van der Waals surface area contributed by atoms with E-state index in [1.54, 1.807) is 0 Å². The van der Waals surface area contributed by atoms with Gasteiger partial charge in [-0.3, -0.25) is 24.2 Å². The fourth-order valence-corrected chi connectivity index (χ4v) is 3.63. The Morgan fingerprint density at radius 2 is 1.43 bits per heavy atom. The summed E-state index contributed by atoms with van der Waals surface area (Å²) >= 11 is 0. The second-order valence-corrected chi connectivity index (χ2v) is 9.68. The van der Waals surface area contributed by atoms with Crippen LogP contribution in [0.5, 0.6) is 5.75 Å². The van der Waals surface area contributed by atoms with E-state index in [1.807, 2.05) is 13.8 Å². The lowest BCUT2D eigenvalue weighted by Gasteiger charge is -2.26. The number of carbonyl (C=O) groups excluding carboxylic acids is 3. The van der Waals surface area contributed by atoms with Gasteiger partial charge in [0.15, 0.2) is 5.96 Å². The molecule has 0 aromatic heterocycles. The van der Waals surface area contributed by atoms with E-state index in [1.165, 1.54) is 24.3 Å². The van der Waals surface area contributed by atoms with Crippen LogP contribution in [0.1, 0.15) is 45.1 Å². The topological polar surface area (TPSA) is 273 Å². The molecule has 0 spiro atoms. The van der Waals surface area contributed by atoms with E-state index in [0.717, 1.165) is 0 Å². The van der Waals surface area contributed by atoms with Crippen molar-refractivity contribution in [3.8, 4) is 5.75 Å². The summed E-state index contributed by atoms with van der Waals surface area (Å²) in [6.45, 7) is 3.92. The zero-order chi connectivity index (χ0) is 30.4. The number of phenolic OH excluding ortho intramolecular Hbond substituents is 1. The minimum absolute atomic E-state index is 0.0319. The fraction of sp³-hybridized carbons (Fsp3) is 0.520. The molecule has 1 aromatic carbocycles. The third-order valence-corrected chi connectivity index (χ3v) is 5.65. The molecule has 0 saturated carbocycles. The number of carboxylic acids is 2. The van der Waals surface area contributed by atoms with Crippen LogP contribution in [0.25, 0.3) is 0 Å². The van der Waals surface area contributed by atoms with E-state index in [2.05, 4.69) is 20.9 Å². The Morgan fingerprint density at radius 1 is 0.875 bits per heavy atom. The summed E-state index contributed by atoms with van der Waals surface area (Å²) in [4.78, 5) is 65.4. The average molecular weight is 566 g/mol. The lowest BCUT2D eigenvalue weighted by Crippen LogP contribution is -2.58. The van der Waals surface area contributed by atoms with Crippen molar-refractivity contribution in [3.05, 3.63) is 29.8 Å². The number of aromatic hydroxyl groups is 1. The maximum Gasteiger partial charge on any atom is 0.326 e. The van der Waals surface area contributed by atoms with Crippen LogP contribution in [-0.2, 0) is 30.4 Å². The van der Waals surface area contributed by atoms with E-state index in [9.17, 15) is 34.2 Å². The number of aliphatic carboxylic acids is 2. The Morgan fingerprint density at radius 3 is 1.95 bits per heavy atom. The molecule has 15 heteroatoms. The van der Waals surface area contributed by atoms with Crippen LogP contribution in [0.15, 0.2) is 29.3 Å². The number of nitrogens with one attached hydrogen (secondary N) is 3. The first kappa shape index (κ1) is 33.6. The minimum atomic E-state index is -1.74. The van der Waals surface area contributed by atoms with Gasteiger partial charge in [-0.15, -0.1) is 0 Å². The number of carbonyl (C=O) groups is 5. The molecule has 0 aliphatic rings. The summed E-state index contributed by atoms with van der Waals surface area (Å²) in [7, 11) is 0. The van der Waals surface area contributed by atoms with E-state index in [0.29, 0.717) is 12.0 Å². The second-order valence-electron chi connectivity index (χ2n) is 9.68. The van der Waals surface area contributed by atoms with Gasteiger partial charge in [0.2, 0.25) is 17.7 Å². The van der Waals surface area contributed by atoms with Crippen LogP contribution in [0.3, 0.4) is 0 Å². The highest BCUT2D eigenvalue weighted by Gasteiger charge is 2.31. The fourth-order valence-electron chi connectivity index (χ4n) is 3.63. The van der Waals surface area contributed by atoms with Crippen molar-refractivity contribution in [1.29, 1.82) is 0 Å². The zero-order valence-electron chi connectivity index (χ0n) is 22.5. The first-order valence-corrected chi connectivity index (χ1v) is 12.6. The maximum atomic E-state index is 13.3. The summed E-state index contributed by atoms with van der Waals surface area (Å²) in [5.74, 6) is -5.45. The number of hydrogen-bond acceptors (Lipinski definition) is 8. The smallest absolute Gasteiger partial charge is 0.326 e. The van der Waals surface area contributed by atoms with Gasteiger partial charge in [-0.1, -0.05) is 26.0 Å². The molecule has 0 aliphatic carbocycles. The number of nitrogens with zero attached hydrogens (tertiary/aromatic N) is 1. The van der Waals surface area contributed by atoms with Gasteiger partial charge in [-0.05, 0) is 42.9 Å². The van der Waals surface area contributed by atoms with Crippen LogP contribution >= 0.6 is 0 Å². The molecule has 4 unspecified atom stereocenters. The van der Waals surface area contributed by atoms with Crippen molar-refractivity contribution in [1.82, 2.24) is 16.0 Å². The largest absolute Gasteiger partial charge is 0.508 e. The van der Waals surface area contributed by atoms with Crippen molar-refractivity contribution < 1.29 is 39.3 Å². The normalized spacial score (nSPS) is 13.8. The summed E-state index contributed by atoms with van der Waals surface area (Å²) in [5.41, 5.74) is 17.0. The second kappa shape index (κ2) is 16.5. The van der Waals surface area contributed by atoms with Crippen molar-refractivity contribution in [2.45, 2.75) is 70.1 Å². The molecule has 0 radical (unpaired) electrons. The van der Waals surface area contributed by atoms with Gasteiger partial charge < -0.3 is 48.5 Å². The third kappa shape index (κ3) is 12.9. The maximum absolute atomic E-state index is 13.3. The van der Waals surface area contributed by atoms with Crippen LogP contribution < -0.4 is 33.2 Å². The number of carboxylic acid groups (broad SMARTS) is 2. The molecular weight excluding hydrogens is 526 g/mol. The number of rotatable bonds is 17. The number of benzene rings is 1. The molecule has 12 N–H and O–H groups in total. The van der Waals surface area contributed by atoms with Gasteiger partial charge in [0.05, 0.1) is 12.5 Å². The molecule has 222 valence electrons. The van der Waals surface area contributed by atoms with E-state index in [4.69, 9.17) is 22.3 Å². The highest BCUT2D eigenvalue weighted by Crippen LogP contribution is 2.13. The Hall–Kier alpha value is -4.40. The van der Waals surface area contributed by atoms with E-state index >= 15 is 0 Å². The van der Waals surface area contributed by atoms with Gasteiger partial charge in [0.25, 0.3) is 0 Å². The molecule has 0 heterocycles. The Labute approximate surface area is 231 Å². The SMILES string of the molecule is CC(C)CC(NC(=O)C(N)CCCN=C(N)N)C(=O)NC(Cc1ccc(O)cc1)C(=O)NC(CC(=O)O)C(=O)O. The van der Waals surface area contributed by atoms with E-state index < -0.39 is 60.2 Å². The number of amides is 3. The Bertz CT molecular complexity index is 1060. The first-order chi connectivity index (χ1) is 18.7. The number of phenols is 1. The molecule has 15 nitrogen and oxygen atoms in total. The van der Waals surface area contributed by atoms with Crippen LogP contribution in [0, 0.1) is 5.92 Å². The van der Waals surface area contributed by atoms with Gasteiger partial charge in [0, 0.05) is 13.0 Å². The van der Waals surface area contributed by atoms with Gasteiger partial charge >= 0.3 is 11.9 Å². The van der Waals surface area contributed by atoms with E-state index in [-0.39, 0.29) is 43.4 Å². The highest BCUT2D eigenvalue weighted by atomic mass is 16.4. The predicted octanol–water partition coefficient (Wildman–Crippen LogP) is -1.62. The Kier molecular flexibility index (Phi) is 13.9. The summed E-state index contributed by atoms with van der Waals surface area (Å²) < 4.78 is 0. The van der Waals surface area contributed by atoms with Crippen molar-refractivity contribution in [3.63, 3.8) is 0 Å². The lowest BCUT2D eigenvalue weighted by atomic mass is 10.00. The molecule has 3 amide bonds. The number of guanidine groups is 1. The summed E-state index contributed by atoms with van der Waals surface area (Å²) in [6.07, 6.45) is -0.144. The summed E-state index contributed by atoms with van der Waals surface area (Å²) in [5, 5.41) is 35.1. The minimum Gasteiger partial charge on any atom is -0.508 e. The average Bonchev–Trinajstić information content (AvgIpc) is 2.85. The molecule has 0 saturated heterocycles. The van der Waals surface area contributed by atoms with Crippen molar-refractivity contribution in [2.24, 2.45) is 28.1 Å². The Balaban J connectivity index is 3.09. The first-order valence-electron chi connectivity index (χ1n) is 12.6. The van der Waals surface area contributed by atoms with Crippen LogP contribution in [0.4, 0.5) is 0 Å². The monoisotopic (exact) mass is 565 g/mol. The zero-order valence-corrected chi connectivity index (χ0v) is 22.5. The number of nitrogens with two attached hydrogens (primary N) is 3. The molecule has 0 fully saturated rings. The van der Waals surface area contributed by atoms with Crippen molar-refractivity contribution >= 4 is 35.6 Å². The van der Waals surface area contributed by atoms with Crippen molar-refractivity contribution in [2.75, 3.05) is 6.54 Å². The van der Waals surface area contributed by atoms with Gasteiger partial charge in [0.1, 0.15) is 23.9 Å². The molecule has 0 aliphatic heterocycles. The highest BCUT2D eigenvalue weighted by molar-refractivity contribution is 5.94. The third-order valence-electron chi connectivity index (χ3n) is 5.65. The van der Waals surface area contributed by atoms with Gasteiger partial charge in [-0.25, -0.2) is 4.79 Å². The number of hydrogen-bond donors (Lipinski definition) is 9. The quantitative estimate of drug-likeness (QED) is 0.0587. The van der Waals surface area contributed by atoms with Crippen LogP contribution in [-0.4, -0.2) is 81.7 Å². The molecule has 0 bridgehead atoms. The lowest BCUT2D eigenvalue weighted by molar-refractivity contribution is -0.147. The van der Waals surface area contributed by atoms with Gasteiger partial charge in [-0.2, -0.15) is 0 Å². The van der Waals surface area contributed by atoms with Crippen LogP contribution in [0.2, 0.25) is 0 Å². The molecule has 40 heavy (non-hydrogen) atoms. The number of aliphatic imine (C=N–C) groups is 1. The standard InChI is InChI=1S/C25H39N7O8/c1-13(2)10-17(30-21(36)16(26)4-3-9-29-25(27)28)22(37)31-18(11-14-5-7-15(33)8-6-14)23(38)32-19(24(39)40)12-20(34)35/h5-8,13,16-19,33H,3-4,9-12,26H2,1-2H3,(H,30,36)(H,31,37)(H,32,38)(H,34,35)(H,39,40)(H4,27,28,29). The molecular formula is C25H39N7O8. The molecule has 4 atom stereocenters. The predicted molar refractivity (Wildman–Crippen MR) is 145 cm³/mol. The molecule has 1 rings (SSSR count). The summed E-state index contributed by atoms with van der Waals surface area (Å²) in [6, 6.07) is 0.616.